The zero-order valence-corrected chi connectivity index (χ0v) is 12.0. The van der Waals surface area contributed by atoms with Gasteiger partial charge in [-0.2, -0.15) is 5.10 Å². The van der Waals surface area contributed by atoms with Gasteiger partial charge in [-0.05, 0) is 35.7 Å². The molecule has 0 bridgehead atoms. The molecule has 1 amide bonds. The zero-order valence-electron chi connectivity index (χ0n) is 12.0. The summed E-state index contributed by atoms with van der Waals surface area (Å²) in [5, 5.41) is 3.96. The van der Waals surface area contributed by atoms with Crippen LogP contribution in [0.15, 0.2) is 53.6 Å². The number of fused-ring (bicyclic) bond motifs is 1. The molecule has 0 aliphatic carbocycles. The van der Waals surface area contributed by atoms with E-state index in [9.17, 15) is 4.79 Å². The number of hydrazone groups is 1. The maximum Gasteiger partial charge on any atom is 0.240 e. The molecule has 0 atom stereocenters. The number of aryl methyl sites for hydroxylation is 1. The Morgan fingerprint density at radius 3 is 2.82 bits per heavy atom. The van der Waals surface area contributed by atoms with Gasteiger partial charge in [-0.1, -0.05) is 30.3 Å². The predicted octanol–water partition coefficient (Wildman–Crippen LogP) is 2.50. The largest absolute Gasteiger partial charge is 0.454 e. The molecule has 1 N–H and O–H groups in total. The molecule has 1 heterocycles. The van der Waals surface area contributed by atoms with Gasteiger partial charge in [0.15, 0.2) is 11.5 Å². The number of ether oxygens (including phenoxy) is 2. The summed E-state index contributed by atoms with van der Waals surface area (Å²) in [6.07, 6.45) is 2.69. The van der Waals surface area contributed by atoms with Crippen LogP contribution in [0.2, 0.25) is 0 Å². The Bertz CT molecular complexity index is 684. The fourth-order valence-electron chi connectivity index (χ4n) is 2.13. The minimum absolute atomic E-state index is 0.110. The number of nitrogens with one attached hydrogen (secondary N) is 1. The molecule has 0 aromatic heterocycles. The third-order valence-electron chi connectivity index (χ3n) is 3.28. The number of rotatable bonds is 5. The van der Waals surface area contributed by atoms with E-state index in [4.69, 9.17) is 9.47 Å². The Morgan fingerprint density at radius 2 is 1.95 bits per heavy atom. The Labute approximate surface area is 128 Å². The Morgan fingerprint density at radius 1 is 1.14 bits per heavy atom. The molecular formula is C17H16N2O3. The van der Waals surface area contributed by atoms with Crippen molar-refractivity contribution in [2.45, 2.75) is 12.8 Å². The highest BCUT2D eigenvalue weighted by atomic mass is 16.7. The monoisotopic (exact) mass is 296 g/mol. The molecule has 5 heteroatoms. The van der Waals surface area contributed by atoms with Gasteiger partial charge in [-0.3, -0.25) is 4.79 Å². The van der Waals surface area contributed by atoms with Crippen molar-refractivity contribution < 1.29 is 14.3 Å². The van der Waals surface area contributed by atoms with Gasteiger partial charge in [0.05, 0.1) is 6.21 Å². The van der Waals surface area contributed by atoms with Crippen molar-refractivity contribution in [1.82, 2.24) is 5.43 Å². The lowest BCUT2D eigenvalue weighted by Gasteiger charge is -2.01. The number of hydrogen-bond acceptors (Lipinski definition) is 4. The minimum Gasteiger partial charge on any atom is -0.454 e. The standard InChI is InChI=1S/C17H16N2O3/c20-17(9-7-13-4-2-1-3-5-13)19-18-11-14-6-8-15-16(10-14)22-12-21-15/h1-6,8,10-11H,7,9,12H2,(H,19,20). The number of carbonyl (C=O) groups excluding carboxylic acids is 1. The van der Waals surface area contributed by atoms with Crippen molar-refractivity contribution in [2.24, 2.45) is 5.10 Å². The van der Waals surface area contributed by atoms with Crippen molar-refractivity contribution in [3.05, 3.63) is 59.7 Å². The van der Waals surface area contributed by atoms with Crippen molar-refractivity contribution in [3.63, 3.8) is 0 Å². The Hall–Kier alpha value is -2.82. The molecular weight excluding hydrogens is 280 g/mol. The number of benzene rings is 2. The van der Waals surface area contributed by atoms with Gasteiger partial charge in [-0.25, -0.2) is 5.43 Å². The van der Waals surface area contributed by atoms with Gasteiger partial charge in [0.2, 0.25) is 12.7 Å². The van der Waals surface area contributed by atoms with E-state index in [1.165, 1.54) is 0 Å². The summed E-state index contributed by atoms with van der Waals surface area (Å²) in [5.41, 5.74) is 4.50. The topological polar surface area (TPSA) is 59.9 Å². The number of hydrogen-bond donors (Lipinski definition) is 1. The molecule has 0 saturated heterocycles. The van der Waals surface area contributed by atoms with Gasteiger partial charge in [-0.15, -0.1) is 0 Å². The first-order valence-corrected chi connectivity index (χ1v) is 7.07. The van der Waals surface area contributed by atoms with Crippen LogP contribution < -0.4 is 14.9 Å². The quantitative estimate of drug-likeness (QED) is 0.681. The summed E-state index contributed by atoms with van der Waals surface area (Å²) in [5.74, 6) is 1.31. The molecule has 22 heavy (non-hydrogen) atoms. The highest BCUT2D eigenvalue weighted by Gasteiger charge is 2.12. The van der Waals surface area contributed by atoms with Crippen molar-refractivity contribution in [2.75, 3.05) is 6.79 Å². The summed E-state index contributed by atoms with van der Waals surface area (Å²) in [6, 6.07) is 15.4. The second-order valence-electron chi connectivity index (χ2n) is 4.89. The van der Waals surface area contributed by atoms with Gasteiger partial charge in [0.1, 0.15) is 0 Å². The SMILES string of the molecule is O=C(CCc1ccccc1)NN=Cc1ccc2c(c1)OCO2. The Kier molecular flexibility index (Phi) is 4.34. The van der Waals surface area contributed by atoms with E-state index in [1.807, 2.05) is 48.5 Å². The van der Waals surface area contributed by atoms with Gasteiger partial charge in [0, 0.05) is 6.42 Å². The number of carbonyl (C=O) groups is 1. The molecule has 2 aromatic rings. The van der Waals surface area contributed by atoms with E-state index in [0.717, 1.165) is 16.9 Å². The van der Waals surface area contributed by atoms with Gasteiger partial charge < -0.3 is 9.47 Å². The van der Waals surface area contributed by atoms with Gasteiger partial charge in [0.25, 0.3) is 0 Å². The molecule has 2 aromatic carbocycles. The third-order valence-corrected chi connectivity index (χ3v) is 3.28. The van der Waals surface area contributed by atoms with Gasteiger partial charge >= 0.3 is 0 Å². The minimum atomic E-state index is -0.110. The summed E-state index contributed by atoms with van der Waals surface area (Å²) < 4.78 is 10.5. The normalized spacial score (nSPS) is 12.5. The maximum absolute atomic E-state index is 11.7. The molecule has 0 spiro atoms. The van der Waals surface area contributed by atoms with Crippen LogP contribution in [0.4, 0.5) is 0 Å². The molecule has 0 radical (unpaired) electrons. The molecule has 112 valence electrons. The van der Waals surface area contributed by atoms with Crippen molar-refractivity contribution in [3.8, 4) is 11.5 Å². The van der Waals surface area contributed by atoms with E-state index in [-0.39, 0.29) is 12.7 Å². The molecule has 3 rings (SSSR count). The summed E-state index contributed by atoms with van der Waals surface area (Å²) >= 11 is 0. The summed E-state index contributed by atoms with van der Waals surface area (Å²) in [7, 11) is 0. The lowest BCUT2D eigenvalue weighted by Crippen LogP contribution is -2.17. The van der Waals surface area contributed by atoms with E-state index in [2.05, 4.69) is 10.5 Å². The first-order chi connectivity index (χ1) is 10.8. The second-order valence-corrected chi connectivity index (χ2v) is 4.89. The lowest BCUT2D eigenvalue weighted by atomic mass is 10.1. The van der Waals surface area contributed by atoms with E-state index in [0.29, 0.717) is 18.6 Å². The van der Waals surface area contributed by atoms with Crippen LogP contribution >= 0.6 is 0 Å². The molecule has 1 aliphatic heterocycles. The van der Waals surface area contributed by atoms with Crippen LogP contribution in [-0.4, -0.2) is 18.9 Å². The lowest BCUT2D eigenvalue weighted by molar-refractivity contribution is -0.121. The average molecular weight is 296 g/mol. The molecule has 0 fully saturated rings. The van der Waals surface area contributed by atoms with Crippen LogP contribution in [0.5, 0.6) is 11.5 Å². The fraction of sp³-hybridized carbons (Fsp3) is 0.176. The highest BCUT2D eigenvalue weighted by molar-refractivity contribution is 5.83. The summed E-state index contributed by atoms with van der Waals surface area (Å²) in [6.45, 7) is 0.242. The molecule has 0 saturated carbocycles. The van der Waals surface area contributed by atoms with Crippen LogP contribution in [-0.2, 0) is 11.2 Å². The zero-order chi connectivity index (χ0) is 15.2. The predicted molar refractivity (Wildman–Crippen MR) is 83.1 cm³/mol. The van der Waals surface area contributed by atoms with Crippen molar-refractivity contribution >= 4 is 12.1 Å². The molecule has 5 nitrogen and oxygen atoms in total. The fourth-order valence-corrected chi connectivity index (χ4v) is 2.13. The van der Waals surface area contributed by atoms with Crippen molar-refractivity contribution in [1.29, 1.82) is 0 Å². The highest BCUT2D eigenvalue weighted by Crippen LogP contribution is 2.31. The van der Waals surface area contributed by atoms with Crippen LogP contribution in [0.3, 0.4) is 0 Å². The van der Waals surface area contributed by atoms with Crippen LogP contribution in [0.1, 0.15) is 17.5 Å². The van der Waals surface area contributed by atoms with E-state index >= 15 is 0 Å². The average Bonchev–Trinajstić information content (AvgIpc) is 3.02. The molecule has 0 unspecified atom stereocenters. The Balaban J connectivity index is 1.48. The van der Waals surface area contributed by atoms with E-state index < -0.39 is 0 Å². The second kappa shape index (κ2) is 6.76. The number of nitrogens with zero attached hydrogens (tertiary/aromatic N) is 1. The van der Waals surface area contributed by atoms with Crippen LogP contribution in [0, 0.1) is 0 Å². The molecule has 1 aliphatic rings. The smallest absolute Gasteiger partial charge is 0.240 e. The first kappa shape index (κ1) is 14.1. The van der Waals surface area contributed by atoms with E-state index in [1.54, 1.807) is 6.21 Å². The van der Waals surface area contributed by atoms with Crippen LogP contribution in [0.25, 0.3) is 0 Å². The third kappa shape index (κ3) is 3.63. The summed E-state index contributed by atoms with van der Waals surface area (Å²) in [4.78, 5) is 11.7. The number of amides is 1. The first-order valence-electron chi connectivity index (χ1n) is 7.07. The maximum atomic E-state index is 11.7.